The Morgan fingerprint density at radius 1 is 1.27 bits per heavy atom. The fourth-order valence-corrected chi connectivity index (χ4v) is 1.00. The predicted molar refractivity (Wildman–Crippen MR) is 41.8 cm³/mol. The first-order valence-corrected chi connectivity index (χ1v) is 3.51. The molecule has 1 aromatic rings. The Bertz CT molecular complexity index is 299. The molecule has 0 heterocycles. The third-order valence-corrected chi connectivity index (χ3v) is 2.07. The number of carbonyl (C=O) groups excluding carboxylic acids is 1. The minimum absolute atomic E-state index is 0.0401. The van der Waals surface area contributed by atoms with E-state index >= 15 is 0 Å². The smallest absolute Gasteiger partial charge is 0.151 e. The monoisotopic (exact) mass is 192 g/mol. The quantitative estimate of drug-likeness (QED) is 0.494. The van der Waals surface area contributed by atoms with Gasteiger partial charge in [-0.25, -0.2) is 4.39 Å². The first-order valence-electron chi connectivity index (χ1n) is 2.75. The van der Waals surface area contributed by atoms with Gasteiger partial charge in [-0.05, 0) is 12.1 Å². The number of hydrogen-bond acceptors (Lipinski definition) is 1. The number of benzene rings is 1. The summed E-state index contributed by atoms with van der Waals surface area (Å²) < 4.78 is 12.6. The van der Waals surface area contributed by atoms with Crippen LogP contribution in [-0.4, -0.2) is 6.29 Å². The third kappa shape index (κ3) is 1.52. The molecule has 0 aromatic heterocycles. The van der Waals surface area contributed by atoms with Gasteiger partial charge in [0.15, 0.2) is 6.29 Å². The Morgan fingerprint density at radius 2 is 1.91 bits per heavy atom. The van der Waals surface area contributed by atoms with Crippen molar-refractivity contribution in [3.8, 4) is 0 Å². The first-order chi connectivity index (χ1) is 5.16. The Morgan fingerprint density at radius 3 is 2.45 bits per heavy atom. The van der Waals surface area contributed by atoms with Crippen molar-refractivity contribution in [2.24, 2.45) is 0 Å². The number of hydrogen-bond donors (Lipinski definition) is 0. The van der Waals surface area contributed by atoms with Gasteiger partial charge in [0.25, 0.3) is 0 Å². The molecule has 4 heteroatoms. The maximum Gasteiger partial charge on any atom is 0.151 e. The maximum atomic E-state index is 12.6. The lowest BCUT2D eigenvalue weighted by atomic mass is 10.2. The van der Waals surface area contributed by atoms with Crippen molar-refractivity contribution in [2.75, 3.05) is 0 Å². The van der Waals surface area contributed by atoms with Crippen LogP contribution in [0.3, 0.4) is 0 Å². The molecular formula is C7H3Cl2FO. The minimum Gasteiger partial charge on any atom is -0.298 e. The number of aldehydes is 1. The summed E-state index contributed by atoms with van der Waals surface area (Å²) >= 11 is 10.9. The Hall–Kier alpha value is -0.600. The lowest BCUT2D eigenvalue weighted by Gasteiger charge is -1.98. The highest BCUT2D eigenvalue weighted by Crippen LogP contribution is 2.27. The third-order valence-electron chi connectivity index (χ3n) is 1.19. The zero-order valence-electron chi connectivity index (χ0n) is 5.27. The molecule has 0 aliphatic rings. The highest BCUT2D eigenvalue weighted by molar-refractivity contribution is 6.43. The summed E-state index contributed by atoms with van der Waals surface area (Å²) in [7, 11) is 0. The molecule has 1 rings (SSSR count). The average molecular weight is 193 g/mol. The summed E-state index contributed by atoms with van der Waals surface area (Å²) in [6.07, 6.45) is 0.521. The Balaban J connectivity index is 3.36. The van der Waals surface area contributed by atoms with E-state index in [9.17, 15) is 9.18 Å². The van der Waals surface area contributed by atoms with Crippen LogP contribution in [0.25, 0.3) is 0 Å². The molecule has 0 N–H and O–H groups in total. The van der Waals surface area contributed by atoms with E-state index in [1.807, 2.05) is 0 Å². The SMILES string of the molecule is O=Cc1ccc(F)c(Cl)c1Cl. The van der Waals surface area contributed by atoms with Crippen molar-refractivity contribution < 1.29 is 9.18 Å². The second kappa shape index (κ2) is 3.20. The zero-order valence-corrected chi connectivity index (χ0v) is 6.79. The van der Waals surface area contributed by atoms with Gasteiger partial charge in [0.05, 0.1) is 10.0 Å². The van der Waals surface area contributed by atoms with Gasteiger partial charge in [-0.3, -0.25) is 4.79 Å². The van der Waals surface area contributed by atoms with Gasteiger partial charge in [0.2, 0.25) is 0 Å². The van der Waals surface area contributed by atoms with Crippen LogP contribution >= 0.6 is 23.2 Å². The lowest BCUT2D eigenvalue weighted by Crippen LogP contribution is -1.85. The van der Waals surface area contributed by atoms with Gasteiger partial charge in [-0.15, -0.1) is 0 Å². The fourth-order valence-electron chi connectivity index (χ4n) is 0.632. The summed E-state index contributed by atoms with van der Waals surface area (Å²) in [5.74, 6) is -0.623. The van der Waals surface area contributed by atoms with Crippen LogP contribution in [0.4, 0.5) is 4.39 Å². The van der Waals surface area contributed by atoms with Crippen LogP contribution in [0.2, 0.25) is 10.0 Å². The van der Waals surface area contributed by atoms with Crippen LogP contribution < -0.4 is 0 Å². The normalized spacial score (nSPS) is 9.73. The second-order valence-corrected chi connectivity index (χ2v) is 2.64. The predicted octanol–water partition coefficient (Wildman–Crippen LogP) is 2.95. The molecule has 58 valence electrons. The van der Waals surface area contributed by atoms with Crippen molar-refractivity contribution >= 4 is 29.5 Å². The van der Waals surface area contributed by atoms with E-state index in [1.54, 1.807) is 0 Å². The largest absolute Gasteiger partial charge is 0.298 e. The summed E-state index contributed by atoms with van der Waals surface area (Å²) in [5.41, 5.74) is 0.193. The molecule has 0 radical (unpaired) electrons. The molecule has 0 fully saturated rings. The Labute approximate surface area is 72.7 Å². The van der Waals surface area contributed by atoms with E-state index in [0.717, 1.165) is 6.07 Å². The molecule has 0 amide bonds. The van der Waals surface area contributed by atoms with Crippen molar-refractivity contribution in [1.82, 2.24) is 0 Å². The molecule has 0 atom stereocenters. The molecule has 0 aliphatic heterocycles. The molecule has 0 spiro atoms. The van der Waals surface area contributed by atoms with Gasteiger partial charge < -0.3 is 0 Å². The lowest BCUT2D eigenvalue weighted by molar-refractivity contribution is 0.112. The number of halogens is 3. The standard InChI is InChI=1S/C7H3Cl2FO/c8-6-4(3-11)1-2-5(10)7(6)9/h1-3H. The summed E-state index contributed by atoms with van der Waals surface area (Å²) in [6.45, 7) is 0. The van der Waals surface area contributed by atoms with Crippen molar-refractivity contribution in [1.29, 1.82) is 0 Å². The average Bonchev–Trinajstić information content (AvgIpc) is 2.01. The molecule has 11 heavy (non-hydrogen) atoms. The van der Waals surface area contributed by atoms with Crippen LogP contribution in [-0.2, 0) is 0 Å². The topological polar surface area (TPSA) is 17.1 Å². The molecule has 0 aliphatic carbocycles. The van der Waals surface area contributed by atoms with Crippen molar-refractivity contribution in [3.05, 3.63) is 33.6 Å². The van der Waals surface area contributed by atoms with Crippen LogP contribution in [0, 0.1) is 5.82 Å². The van der Waals surface area contributed by atoms with Crippen LogP contribution in [0.15, 0.2) is 12.1 Å². The molecular weight excluding hydrogens is 190 g/mol. The zero-order chi connectivity index (χ0) is 8.43. The van der Waals surface area contributed by atoms with E-state index in [-0.39, 0.29) is 15.6 Å². The van der Waals surface area contributed by atoms with Gasteiger partial charge in [0.1, 0.15) is 5.82 Å². The van der Waals surface area contributed by atoms with E-state index < -0.39 is 5.82 Å². The maximum absolute atomic E-state index is 12.6. The second-order valence-electron chi connectivity index (χ2n) is 1.88. The van der Waals surface area contributed by atoms with Gasteiger partial charge in [-0.1, -0.05) is 23.2 Å². The molecule has 0 saturated heterocycles. The molecule has 0 saturated carbocycles. The molecule has 0 bridgehead atoms. The highest BCUT2D eigenvalue weighted by Gasteiger charge is 2.07. The molecule has 1 nitrogen and oxygen atoms in total. The highest BCUT2D eigenvalue weighted by atomic mass is 35.5. The van der Waals surface area contributed by atoms with E-state index in [2.05, 4.69) is 0 Å². The van der Waals surface area contributed by atoms with Gasteiger partial charge >= 0.3 is 0 Å². The van der Waals surface area contributed by atoms with E-state index in [4.69, 9.17) is 23.2 Å². The molecule has 0 unspecified atom stereocenters. The number of rotatable bonds is 1. The molecule has 1 aromatic carbocycles. The van der Waals surface area contributed by atoms with Crippen LogP contribution in [0.5, 0.6) is 0 Å². The summed E-state index contributed by atoms with van der Waals surface area (Å²) in [4.78, 5) is 10.2. The van der Waals surface area contributed by atoms with E-state index in [0.29, 0.717) is 6.29 Å². The summed E-state index contributed by atoms with van der Waals surface area (Å²) in [6, 6.07) is 2.37. The van der Waals surface area contributed by atoms with Gasteiger partial charge in [-0.2, -0.15) is 0 Å². The minimum atomic E-state index is -0.623. The van der Waals surface area contributed by atoms with Crippen molar-refractivity contribution in [3.63, 3.8) is 0 Å². The number of carbonyl (C=O) groups is 1. The van der Waals surface area contributed by atoms with E-state index in [1.165, 1.54) is 6.07 Å². The fraction of sp³-hybridized carbons (Fsp3) is 0. The Kier molecular flexibility index (Phi) is 2.47. The summed E-state index contributed by atoms with van der Waals surface area (Å²) in [5, 5.41) is -0.252. The van der Waals surface area contributed by atoms with Gasteiger partial charge in [0, 0.05) is 5.56 Å². The first kappa shape index (κ1) is 8.50. The van der Waals surface area contributed by atoms with Crippen molar-refractivity contribution in [2.45, 2.75) is 0 Å². The van der Waals surface area contributed by atoms with Crippen LogP contribution in [0.1, 0.15) is 10.4 Å².